The number of carbonyl (C=O) groups is 1. The third kappa shape index (κ3) is 4.48. The summed E-state index contributed by atoms with van der Waals surface area (Å²) in [4.78, 5) is 10.9. The van der Waals surface area contributed by atoms with Gasteiger partial charge in [-0.25, -0.2) is 18.4 Å². The molecule has 112 valence electrons. The van der Waals surface area contributed by atoms with Crippen LogP contribution < -0.4 is 10.5 Å². The first-order valence-electron chi connectivity index (χ1n) is 6.00. The fourth-order valence-electron chi connectivity index (χ4n) is 1.64. The van der Waals surface area contributed by atoms with Gasteiger partial charge in [0, 0.05) is 18.8 Å². The van der Waals surface area contributed by atoms with Crippen molar-refractivity contribution in [2.75, 3.05) is 18.5 Å². The molecule has 0 amide bonds. The van der Waals surface area contributed by atoms with Crippen molar-refractivity contribution < 1.29 is 23.4 Å². The van der Waals surface area contributed by atoms with E-state index in [-0.39, 0.29) is 23.0 Å². The summed E-state index contributed by atoms with van der Waals surface area (Å²) in [6, 6.07) is 3.65. The van der Waals surface area contributed by atoms with Gasteiger partial charge >= 0.3 is 5.97 Å². The molecule has 0 aliphatic heterocycles. The van der Waals surface area contributed by atoms with Crippen LogP contribution in [-0.2, 0) is 10.0 Å². The van der Waals surface area contributed by atoms with E-state index < -0.39 is 16.0 Å². The maximum atomic E-state index is 11.2. The number of benzene rings is 1. The molecule has 0 aliphatic carbocycles. The van der Waals surface area contributed by atoms with Crippen molar-refractivity contribution in [1.29, 1.82) is 0 Å². The number of primary sulfonamides is 1. The Balaban J connectivity index is 3.00. The molecule has 0 aliphatic rings. The highest BCUT2D eigenvalue weighted by molar-refractivity contribution is 7.89. The number of aliphatic hydroxyl groups is 1. The van der Waals surface area contributed by atoms with Crippen LogP contribution in [-0.4, -0.2) is 37.8 Å². The monoisotopic (exact) mass is 302 g/mol. The molecule has 0 saturated heterocycles. The van der Waals surface area contributed by atoms with Crippen LogP contribution in [0.3, 0.4) is 0 Å². The van der Waals surface area contributed by atoms with E-state index in [0.29, 0.717) is 18.7 Å². The Morgan fingerprint density at radius 2 is 2.10 bits per heavy atom. The number of rotatable bonds is 7. The molecule has 5 N–H and O–H groups in total. The van der Waals surface area contributed by atoms with Crippen molar-refractivity contribution in [3.8, 4) is 0 Å². The van der Waals surface area contributed by atoms with E-state index in [9.17, 15) is 13.2 Å². The minimum absolute atomic E-state index is 0.0546. The largest absolute Gasteiger partial charge is 0.478 e. The number of nitrogens with two attached hydrogens (primary N) is 1. The predicted octanol–water partition coefficient (Wildman–Crippen LogP) is 0.463. The van der Waals surface area contributed by atoms with Gasteiger partial charge in [0.25, 0.3) is 0 Å². The summed E-state index contributed by atoms with van der Waals surface area (Å²) < 4.78 is 22.4. The first-order valence-corrected chi connectivity index (χ1v) is 7.55. The second-order valence-corrected chi connectivity index (χ2v) is 6.12. The summed E-state index contributed by atoms with van der Waals surface area (Å²) in [5, 5.41) is 25.8. The van der Waals surface area contributed by atoms with E-state index in [2.05, 4.69) is 5.32 Å². The van der Waals surface area contributed by atoms with Crippen LogP contribution in [0.5, 0.6) is 0 Å². The standard InChI is InChI=1S/C12H18N2O5S/c1-8(4-5-15)7-14-11-3-2-9(20(13,18)19)6-10(11)12(16)17/h2-3,6,8,14-15H,4-5,7H2,1H3,(H,16,17)(H2,13,18,19). The van der Waals surface area contributed by atoms with E-state index in [1.54, 1.807) is 0 Å². The van der Waals surface area contributed by atoms with Gasteiger partial charge in [0.15, 0.2) is 0 Å². The fourth-order valence-corrected chi connectivity index (χ4v) is 2.18. The van der Waals surface area contributed by atoms with Crippen molar-refractivity contribution in [3.05, 3.63) is 23.8 Å². The maximum absolute atomic E-state index is 11.2. The first kappa shape index (κ1) is 16.4. The van der Waals surface area contributed by atoms with Gasteiger partial charge in [-0.05, 0) is 30.5 Å². The summed E-state index contributed by atoms with van der Waals surface area (Å²) >= 11 is 0. The molecule has 0 spiro atoms. The molecule has 0 radical (unpaired) electrons. The molecule has 1 aromatic rings. The SMILES string of the molecule is CC(CCO)CNc1ccc(S(N)(=O)=O)cc1C(=O)O. The van der Waals surface area contributed by atoms with Crippen LogP contribution in [0.1, 0.15) is 23.7 Å². The van der Waals surface area contributed by atoms with Crippen molar-refractivity contribution >= 4 is 21.7 Å². The molecule has 0 aromatic heterocycles. The third-order valence-corrected chi connectivity index (χ3v) is 3.72. The van der Waals surface area contributed by atoms with Crippen LogP contribution in [0.15, 0.2) is 23.1 Å². The van der Waals surface area contributed by atoms with Crippen molar-refractivity contribution in [3.63, 3.8) is 0 Å². The van der Waals surface area contributed by atoms with Crippen LogP contribution in [0, 0.1) is 5.92 Å². The lowest BCUT2D eigenvalue weighted by Gasteiger charge is -2.14. The Morgan fingerprint density at radius 3 is 2.60 bits per heavy atom. The molecule has 1 unspecified atom stereocenters. The van der Waals surface area contributed by atoms with Crippen molar-refractivity contribution in [2.45, 2.75) is 18.2 Å². The number of anilines is 1. The molecule has 1 rings (SSSR count). The second-order valence-electron chi connectivity index (χ2n) is 4.56. The number of sulfonamides is 1. The van der Waals surface area contributed by atoms with Gasteiger partial charge in [0.1, 0.15) is 0 Å². The maximum Gasteiger partial charge on any atom is 0.337 e. The lowest BCUT2D eigenvalue weighted by molar-refractivity contribution is 0.0697. The molecule has 0 fully saturated rings. The number of hydrogen-bond acceptors (Lipinski definition) is 5. The van der Waals surface area contributed by atoms with E-state index in [1.165, 1.54) is 12.1 Å². The lowest BCUT2D eigenvalue weighted by Crippen LogP contribution is -2.17. The minimum atomic E-state index is -3.94. The van der Waals surface area contributed by atoms with Gasteiger partial charge in [-0.3, -0.25) is 0 Å². The molecular formula is C12H18N2O5S. The Labute approximate surface area is 117 Å². The van der Waals surface area contributed by atoms with Crippen molar-refractivity contribution in [1.82, 2.24) is 0 Å². The summed E-state index contributed by atoms with van der Waals surface area (Å²) in [7, 11) is -3.94. The number of hydrogen-bond donors (Lipinski definition) is 4. The van der Waals surface area contributed by atoms with E-state index in [0.717, 1.165) is 6.07 Å². The van der Waals surface area contributed by atoms with Crippen LogP contribution >= 0.6 is 0 Å². The molecular weight excluding hydrogens is 284 g/mol. The van der Waals surface area contributed by atoms with Crippen LogP contribution in [0.2, 0.25) is 0 Å². The zero-order valence-electron chi connectivity index (χ0n) is 11.0. The number of carboxylic acid groups (broad SMARTS) is 1. The fraction of sp³-hybridized carbons (Fsp3) is 0.417. The summed E-state index contributed by atoms with van der Waals surface area (Å²) in [5.41, 5.74) is 0.155. The van der Waals surface area contributed by atoms with E-state index in [4.69, 9.17) is 15.4 Å². The topological polar surface area (TPSA) is 130 Å². The summed E-state index contributed by atoms with van der Waals surface area (Å²) in [6.45, 7) is 2.43. The molecule has 8 heteroatoms. The number of aliphatic hydroxyl groups excluding tert-OH is 1. The minimum Gasteiger partial charge on any atom is -0.478 e. The van der Waals surface area contributed by atoms with Crippen LogP contribution in [0.25, 0.3) is 0 Å². The number of nitrogens with one attached hydrogen (secondary N) is 1. The normalized spacial score (nSPS) is 12.9. The van der Waals surface area contributed by atoms with Gasteiger partial charge in [-0.2, -0.15) is 0 Å². The molecule has 1 aromatic carbocycles. The smallest absolute Gasteiger partial charge is 0.337 e. The zero-order chi connectivity index (χ0) is 15.3. The average molecular weight is 302 g/mol. The number of carboxylic acids is 1. The quantitative estimate of drug-likeness (QED) is 0.579. The third-order valence-electron chi connectivity index (χ3n) is 2.81. The predicted molar refractivity (Wildman–Crippen MR) is 74.1 cm³/mol. The Hall–Kier alpha value is -1.64. The Morgan fingerprint density at radius 1 is 1.45 bits per heavy atom. The molecule has 20 heavy (non-hydrogen) atoms. The molecule has 7 nitrogen and oxygen atoms in total. The van der Waals surface area contributed by atoms with Crippen LogP contribution in [0.4, 0.5) is 5.69 Å². The number of aromatic carboxylic acids is 1. The van der Waals surface area contributed by atoms with Gasteiger partial charge < -0.3 is 15.5 Å². The highest BCUT2D eigenvalue weighted by Gasteiger charge is 2.16. The lowest BCUT2D eigenvalue weighted by atomic mass is 10.1. The first-order chi connectivity index (χ1) is 9.25. The highest BCUT2D eigenvalue weighted by atomic mass is 32.2. The van der Waals surface area contributed by atoms with Gasteiger partial charge in [0.05, 0.1) is 10.5 Å². The molecule has 1 atom stereocenters. The Bertz CT molecular complexity index is 586. The van der Waals surface area contributed by atoms with Gasteiger partial charge in [-0.1, -0.05) is 6.92 Å². The second kappa shape index (κ2) is 6.69. The summed E-state index contributed by atoms with van der Waals surface area (Å²) in [5.74, 6) is -1.09. The Kier molecular flexibility index (Phi) is 5.49. The van der Waals surface area contributed by atoms with E-state index >= 15 is 0 Å². The van der Waals surface area contributed by atoms with Gasteiger partial charge in [-0.15, -0.1) is 0 Å². The highest BCUT2D eigenvalue weighted by Crippen LogP contribution is 2.20. The van der Waals surface area contributed by atoms with E-state index in [1.807, 2.05) is 6.92 Å². The molecule has 0 saturated carbocycles. The molecule has 0 bridgehead atoms. The zero-order valence-corrected chi connectivity index (χ0v) is 11.9. The van der Waals surface area contributed by atoms with Gasteiger partial charge in [0.2, 0.25) is 10.0 Å². The average Bonchev–Trinajstić information content (AvgIpc) is 2.35. The van der Waals surface area contributed by atoms with Crippen molar-refractivity contribution in [2.24, 2.45) is 11.1 Å². The summed E-state index contributed by atoms with van der Waals surface area (Å²) in [6.07, 6.45) is 0.588. The molecule has 0 heterocycles.